The molecule has 10 heteroatoms. The summed E-state index contributed by atoms with van der Waals surface area (Å²) in [6, 6.07) is 17.1. The molecular weight excluding hydrogens is 541 g/mol. The van der Waals surface area contributed by atoms with E-state index in [2.05, 4.69) is 25.1 Å². The van der Waals surface area contributed by atoms with Gasteiger partial charge in [0.15, 0.2) is 5.16 Å². The summed E-state index contributed by atoms with van der Waals surface area (Å²) in [6.45, 7) is 8.19. The van der Waals surface area contributed by atoms with Gasteiger partial charge >= 0.3 is 0 Å². The molecular formula is C28H27Cl2N5O2S. The molecule has 7 nitrogen and oxygen atoms in total. The minimum Gasteiger partial charge on any atom is -0.489 e. The molecule has 0 aliphatic heterocycles. The van der Waals surface area contributed by atoms with Crippen molar-refractivity contribution in [1.82, 2.24) is 20.0 Å². The lowest BCUT2D eigenvalue weighted by atomic mass is 10.2. The second kappa shape index (κ2) is 12.5. The summed E-state index contributed by atoms with van der Waals surface area (Å²) in [5, 5.41) is 5.89. The molecule has 4 rings (SSSR count). The smallest absolute Gasteiger partial charge is 0.250 e. The Morgan fingerprint density at radius 2 is 1.74 bits per heavy atom. The van der Waals surface area contributed by atoms with Gasteiger partial charge in [-0.2, -0.15) is 5.10 Å². The Morgan fingerprint density at radius 1 is 1.03 bits per heavy atom. The van der Waals surface area contributed by atoms with Gasteiger partial charge in [0.25, 0.3) is 5.91 Å². The number of nitrogens with zero attached hydrogens (tertiary/aromatic N) is 4. The minimum absolute atomic E-state index is 0.178. The minimum atomic E-state index is -0.224. The summed E-state index contributed by atoms with van der Waals surface area (Å²) in [4.78, 5) is 20.9. The fourth-order valence-electron chi connectivity index (χ4n) is 3.90. The van der Waals surface area contributed by atoms with Crippen molar-refractivity contribution < 1.29 is 9.53 Å². The molecule has 0 saturated heterocycles. The number of carbonyl (C=O) groups is 1. The molecule has 0 fully saturated rings. The predicted octanol–water partition coefficient (Wildman–Crippen LogP) is 6.63. The van der Waals surface area contributed by atoms with Gasteiger partial charge < -0.3 is 9.30 Å². The molecule has 0 bridgehead atoms. The maximum Gasteiger partial charge on any atom is 0.250 e. The summed E-state index contributed by atoms with van der Waals surface area (Å²) in [6.07, 6.45) is 1.65. The fourth-order valence-corrected chi connectivity index (χ4v) is 5.11. The van der Waals surface area contributed by atoms with E-state index in [1.165, 1.54) is 11.8 Å². The number of aromatic nitrogens is 3. The number of hydrogen-bond donors (Lipinski definition) is 1. The molecule has 4 aromatic rings. The lowest BCUT2D eigenvalue weighted by molar-refractivity contribution is -0.118. The van der Waals surface area contributed by atoms with E-state index < -0.39 is 0 Å². The lowest BCUT2D eigenvalue weighted by Gasteiger charge is -2.12. The van der Waals surface area contributed by atoms with Crippen LogP contribution in [0.2, 0.25) is 10.0 Å². The van der Waals surface area contributed by atoms with Gasteiger partial charge in [-0.15, -0.1) is 0 Å². The first-order valence-corrected chi connectivity index (χ1v) is 13.6. The molecule has 0 atom stereocenters. The lowest BCUT2D eigenvalue weighted by Crippen LogP contribution is -2.19. The average molecular weight is 569 g/mol. The van der Waals surface area contributed by atoms with Gasteiger partial charge in [-0.25, -0.2) is 15.4 Å². The largest absolute Gasteiger partial charge is 0.489 e. The highest BCUT2D eigenvalue weighted by Crippen LogP contribution is 2.25. The van der Waals surface area contributed by atoms with Crippen LogP contribution in [0.5, 0.6) is 5.75 Å². The third-order valence-corrected chi connectivity index (χ3v) is 7.10. The molecule has 1 amide bonds. The number of carbonyl (C=O) groups excluding carboxylic acids is 1. The number of ether oxygens (including phenoxy) is 1. The average Bonchev–Trinajstić information content (AvgIpc) is 3.14. The summed E-state index contributed by atoms with van der Waals surface area (Å²) in [5.74, 6) is 0.687. The Hall–Kier alpha value is -3.33. The standard InChI is InChI=1S/C28H27Cl2N5O2S/c1-17-11-18(2)33-28(32-17)38-16-27(36)34-31-14-22-12-19(3)35(20(22)4)24-7-9-25(10-8-24)37-15-21-5-6-23(29)13-26(21)30/h5-14H,15-16H2,1-4H3,(H,34,36)/b31-14-. The van der Waals surface area contributed by atoms with E-state index in [-0.39, 0.29) is 11.7 Å². The molecule has 0 saturated carbocycles. The molecule has 2 aromatic heterocycles. The highest BCUT2D eigenvalue weighted by Gasteiger charge is 2.11. The zero-order valence-corrected chi connectivity index (χ0v) is 23.8. The second-order valence-electron chi connectivity index (χ2n) is 8.70. The van der Waals surface area contributed by atoms with Crippen molar-refractivity contribution in [1.29, 1.82) is 0 Å². The first kappa shape index (κ1) is 27.7. The van der Waals surface area contributed by atoms with Gasteiger partial charge in [-0.05, 0) is 76.2 Å². The molecule has 196 valence electrons. The molecule has 38 heavy (non-hydrogen) atoms. The van der Waals surface area contributed by atoms with E-state index in [9.17, 15) is 4.79 Å². The van der Waals surface area contributed by atoms with E-state index in [1.807, 2.05) is 70.2 Å². The van der Waals surface area contributed by atoms with Crippen molar-refractivity contribution >= 4 is 47.1 Å². The number of hydrogen-bond acceptors (Lipinski definition) is 6. The highest BCUT2D eigenvalue weighted by atomic mass is 35.5. The van der Waals surface area contributed by atoms with Crippen LogP contribution in [0.15, 0.2) is 64.9 Å². The van der Waals surface area contributed by atoms with Crippen LogP contribution in [0.4, 0.5) is 0 Å². The van der Waals surface area contributed by atoms with E-state index >= 15 is 0 Å². The summed E-state index contributed by atoms with van der Waals surface area (Å²) in [5.41, 5.74) is 9.13. The number of nitrogens with one attached hydrogen (secondary N) is 1. The molecule has 0 aliphatic rings. The Kier molecular flexibility index (Phi) is 9.09. The molecule has 2 heterocycles. The van der Waals surface area contributed by atoms with Crippen LogP contribution in [-0.4, -0.2) is 32.4 Å². The molecule has 0 unspecified atom stereocenters. The Balaban J connectivity index is 1.35. The van der Waals surface area contributed by atoms with Crippen molar-refractivity contribution in [2.24, 2.45) is 5.10 Å². The SMILES string of the molecule is Cc1cc(C)nc(SCC(=O)N/N=C\c2cc(C)n(-c3ccc(OCc4ccc(Cl)cc4Cl)cc3)c2C)n1. The first-order chi connectivity index (χ1) is 18.2. The normalized spacial score (nSPS) is 11.2. The fraction of sp³-hybridized carbons (Fsp3) is 0.214. The predicted molar refractivity (Wildman–Crippen MR) is 154 cm³/mol. The summed E-state index contributed by atoms with van der Waals surface area (Å²) in [7, 11) is 0. The number of hydrazone groups is 1. The monoisotopic (exact) mass is 567 g/mol. The summed E-state index contributed by atoms with van der Waals surface area (Å²) < 4.78 is 8.02. The highest BCUT2D eigenvalue weighted by molar-refractivity contribution is 7.99. The number of rotatable bonds is 9. The van der Waals surface area contributed by atoms with Crippen LogP contribution < -0.4 is 10.2 Å². The van der Waals surface area contributed by atoms with E-state index in [0.29, 0.717) is 21.8 Å². The quantitative estimate of drug-likeness (QED) is 0.106. The van der Waals surface area contributed by atoms with E-state index in [0.717, 1.165) is 45.3 Å². The van der Waals surface area contributed by atoms with Crippen molar-refractivity contribution in [3.8, 4) is 11.4 Å². The third-order valence-electron chi connectivity index (χ3n) is 5.66. The van der Waals surface area contributed by atoms with Crippen LogP contribution in [0.3, 0.4) is 0 Å². The summed E-state index contributed by atoms with van der Waals surface area (Å²) >= 11 is 13.5. The van der Waals surface area contributed by atoms with Crippen LogP contribution in [0.25, 0.3) is 5.69 Å². The number of aryl methyl sites for hydroxylation is 3. The number of halogens is 2. The van der Waals surface area contributed by atoms with Gasteiger partial charge in [0.1, 0.15) is 12.4 Å². The maximum atomic E-state index is 12.2. The number of thioether (sulfide) groups is 1. The molecule has 2 aromatic carbocycles. The zero-order valence-electron chi connectivity index (χ0n) is 21.5. The molecule has 1 N–H and O–H groups in total. The van der Waals surface area contributed by atoms with Gasteiger partial charge in [-0.3, -0.25) is 4.79 Å². The van der Waals surface area contributed by atoms with Gasteiger partial charge in [0.2, 0.25) is 0 Å². The van der Waals surface area contributed by atoms with Crippen LogP contribution >= 0.6 is 35.0 Å². The van der Waals surface area contributed by atoms with E-state index in [1.54, 1.807) is 18.3 Å². The Morgan fingerprint density at radius 3 is 2.42 bits per heavy atom. The zero-order chi connectivity index (χ0) is 27.2. The van der Waals surface area contributed by atoms with Crippen LogP contribution in [0.1, 0.15) is 33.9 Å². The molecule has 0 aliphatic carbocycles. The van der Waals surface area contributed by atoms with Gasteiger partial charge in [0.05, 0.1) is 12.0 Å². The molecule has 0 spiro atoms. The van der Waals surface area contributed by atoms with Crippen molar-refractivity contribution in [2.75, 3.05) is 5.75 Å². The molecule has 0 radical (unpaired) electrons. The van der Waals surface area contributed by atoms with Gasteiger partial charge in [0, 0.05) is 49.6 Å². The third kappa shape index (κ3) is 7.16. The van der Waals surface area contributed by atoms with Crippen molar-refractivity contribution in [3.05, 3.63) is 98.5 Å². The van der Waals surface area contributed by atoms with Crippen molar-refractivity contribution in [3.63, 3.8) is 0 Å². The topological polar surface area (TPSA) is 81.4 Å². The van der Waals surface area contributed by atoms with Crippen LogP contribution in [-0.2, 0) is 11.4 Å². The first-order valence-electron chi connectivity index (χ1n) is 11.8. The maximum absolute atomic E-state index is 12.2. The number of amides is 1. The van der Waals surface area contributed by atoms with Crippen molar-refractivity contribution in [2.45, 2.75) is 39.5 Å². The number of benzene rings is 2. The second-order valence-corrected chi connectivity index (χ2v) is 10.5. The Labute approximate surface area is 236 Å². The Bertz CT molecular complexity index is 1470. The van der Waals surface area contributed by atoms with Crippen LogP contribution in [0, 0.1) is 27.7 Å². The van der Waals surface area contributed by atoms with E-state index in [4.69, 9.17) is 27.9 Å². The van der Waals surface area contributed by atoms with Gasteiger partial charge in [-0.1, -0.05) is 41.0 Å².